The van der Waals surface area contributed by atoms with Crippen molar-refractivity contribution in [1.29, 1.82) is 0 Å². The summed E-state index contributed by atoms with van der Waals surface area (Å²) in [5, 5.41) is 3.25. The Bertz CT molecular complexity index is 165. The molecule has 1 aliphatic rings. The molecule has 0 aromatic rings. The highest BCUT2D eigenvalue weighted by Gasteiger charge is 2.15. The summed E-state index contributed by atoms with van der Waals surface area (Å²) < 4.78 is 3.21. The molecule has 0 amide bonds. The van der Waals surface area contributed by atoms with Crippen molar-refractivity contribution in [3.05, 3.63) is 11.4 Å². The lowest BCUT2D eigenvalue weighted by Crippen LogP contribution is -2.21. The summed E-state index contributed by atoms with van der Waals surface area (Å²) in [6.45, 7) is 2.31. The van der Waals surface area contributed by atoms with E-state index >= 15 is 0 Å². The molecule has 0 radical (unpaired) electrons. The minimum atomic E-state index is 0.839. The lowest BCUT2D eigenvalue weighted by atomic mass is 9.92. The number of rotatable bonds is 2. The fourth-order valence-corrected chi connectivity index (χ4v) is 2.07. The second-order valence-corrected chi connectivity index (χ2v) is 3.69. The molecule has 0 aromatic heterocycles. The first-order valence-corrected chi connectivity index (χ1v) is 5.12. The van der Waals surface area contributed by atoms with Crippen LogP contribution in [-0.2, 0) is 0 Å². The Hall–Kier alpha value is 0.0700. The van der Waals surface area contributed by atoms with Gasteiger partial charge in [0.15, 0.2) is 0 Å². The van der Waals surface area contributed by atoms with E-state index in [1.165, 1.54) is 30.7 Å². The molecule has 3 heteroatoms. The molecule has 0 fully saturated rings. The van der Waals surface area contributed by atoms with Crippen LogP contribution in [0.5, 0.6) is 0 Å². The monoisotopic (exact) mass is 266 g/mol. The first-order valence-electron chi connectivity index (χ1n) is 4.04. The van der Waals surface area contributed by atoms with E-state index in [2.05, 4.69) is 38.6 Å². The van der Waals surface area contributed by atoms with Gasteiger partial charge in [-0.05, 0) is 25.2 Å². The second kappa shape index (κ2) is 4.18. The zero-order chi connectivity index (χ0) is 8.27. The Morgan fingerprint density at radius 2 is 2.18 bits per heavy atom. The van der Waals surface area contributed by atoms with Gasteiger partial charge in [-0.1, -0.05) is 6.92 Å². The maximum Gasteiger partial charge on any atom is 0.0558 e. The Labute approximate surface area is 82.3 Å². The number of allylic oxidation sites excluding steroid dienone is 2. The van der Waals surface area contributed by atoms with Gasteiger partial charge in [-0.15, -0.1) is 0 Å². The quantitative estimate of drug-likeness (QED) is 0.591. The maximum atomic E-state index is 3.25. The molecular formula is C8H15IN2. The maximum absolute atomic E-state index is 3.25. The zero-order valence-electron chi connectivity index (χ0n) is 7.08. The van der Waals surface area contributed by atoms with Crippen LogP contribution < -0.4 is 8.85 Å². The Morgan fingerprint density at radius 3 is 2.73 bits per heavy atom. The van der Waals surface area contributed by atoms with Gasteiger partial charge in [-0.2, -0.15) is 0 Å². The van der Waals surface area contributed by atoms with Gasteiger partial charge in [0.05, 0.1) is 22.9 Å². The van der Waals surface area contributed by atoms with Gasteiger partial charge in [-0.3, -0.25) is 0 Å². The van der Waals surface area contributed by atoms with Gasteiger partial charge < -0.3 is 8.85 Å². The molecule has 2 N–H and O–H groups in total. The van der Waals surface area contributed by atoms with Crippen molar-refractivity contribution in [1.82, 2.24) is 8.85 Å². The highest BCUT2D eigenvalue weighted by molar-refractivity contribution is 14.1. The molecule has 1 rings (SSSR count). The Kier molecular flexibility index (Phi) is 3.48. The van der Waals surface area contributed by atoms with E-state index in [1.54, 1.807) is 0 Å². The van der Waals surface area contributed by atoms with Gasteiger partial charge in [0.25, 0.3) is 0 Å². The molecule has 0 spiro atoms. The molecule has 1 aliphatic carbocycles. The van der Waals surface area contributed by atoms with Crippen LogP contribution in [-0.4, -0.2) is 7.05 Å². The van der Waals surface area contributed by atoms with Crippen molar-refractivity contribution in [2.75, 3.05) is 7.05 Å². The topological polar surface area (TPSA) is 24.1 Å². The summed E-state index contributed by atoms with van der Waals surface area (Å²) in [6.07, 6.45) is 3.71. The van der Waals surface area contributed by atoms with Crippen LogP contribution in [0.25, 0.3) is 0 Å². The number of nitrogens with one attached hydrogen (secondary N) is 2. The van der Waals surface area contributed by atoms with Crippen LogP contribution in [0.4, 0.5) is 0 Å². The fourth-order valence-electron chi connectivity index (χ4n) is 1.47. The minimum absolute atomic E-state index is 0.839. The smallest absolute Gasteiger partial charge is 0.0558 e. The van der Waals surface area contributed by atoms with E-state index in [-0.39, 0.29) is 0 Å². The number of hydrogen-bond acceptors (Lipinski definition) is 2. The van der Waals surface area contributed by atoms with Crippen molar-refractivity contribution >= 4 is 22.9 Å². The minimum Gasteiger partial charge on any atom is -0.390 e. The average Bonchev–Trinajstić information content (AvgIpc) is 2.04. The summed E-state index contributed by atoms with van der Waals surface area (Å²) in [5.74, 6) is 0.839. The number of halogens is 1. The summed E-state index contributed by atoms with van der Waals surface area (Å²) in [7, 11) is 2.00. The fraction of sp³-hybridized carbons (Fsp3) is 0.750. The highest BCUT2D eigenvalue weighted by Crippen LogP contribution is 2.26. The van der Waals surface area contributed by atoms with Crippen LogP contribution in [0.1, 0.15) is 26.2 Å². The summed E-state index contributed by atoms with van der Waals surface area (Å²) >= 11 is 2.20. The van der Waals surface area contributed by atoms with E-state index in [9.17, 15) is 0 Å². The van der Waals surface area contributed by atoms with Crippen LogP contribution in [0.15, 0.2) is 11.4 Å². The Balaban J connectivity index is 2.67. The van der Waals surface area contributed by atoms with Crippen LogP contribution in [0, 0.1) is 5.92 Å². The van der Waals surface area contributed by atoms with E-state index in [1.807, 2.05) is 7.05 Å². The SMILES string of the molecule is CNC1=C(NI)CCC(C)C1. The third kappa shape index (κ3) is 2.25. The number of hydrogen-bond donors (Lipinski definition) is 2. The van der Waals surface area contributed by atoms with Gasteiger partial charge in [-0.25, -0.2) is 0 Å². The van der Waals surface area contributed by atoms with Crippen LogP contribution >= 0.6 is 22.9 Å². The lowest BCUT2D eigenvalue weighted by Gasteiger charge is -2.23. The molecular weight excluding hydrogens is 251 g/mol. The predicted molar refractivity (Wildman–Crippen MR) is 56.3 cm³/mol. The van der Waals surface area contributed by atoms with Gasteiger partial charge in [0.2, 0.25) is 0 Å². The normalized spacial score (nSPS) is 25.2. The third-order valence-corrected chi connectivity index (χ3v) is 2.87. The second-order valence-electron chi connectivity index (χ2n) is 3.15. The molecule has 11 heavy (non-hydrogen) atoms. The molecule has 0 aromatic carbocycles. The van der Waals surface area contributed by atoms with E-state index in [0.717, 1.165) is 5.92 Å². The third-order valence-electron chi connectivity index (χ3n) is 2.22. The molecule has 0 heterocycles. The standard InChI is InChI=1S/C8H15IN2/c1-6-3-4-7(11-9)8(5-6)10-2/h6,10-11H,3-5H2,1-2H3. The van der Waals surface area contributed by atoms with Crippen LogP contribution in [0.3, 0.4) is 0 Å². The van der Waals surface area contributed by atoms with Crippen molar-refractivity contribution in [3.63, 3.8) is 0 Å². The molecule has 64 valence electrons. The summed E-state index contributed by atoms with van der Waals surface area (Å²) in [4.78, 5) is 0. The van der Waals surface area contributed by atoms with Gasteiger partial charge in [0.1, 0.15) is 0 Å². The largest absolute Gasteiger partial charge is 0.390 e. The Morgan fingerprint density at radius 1 is 1.45 bits per heavy atom. The van der Waals surface area contributed by atoms with Crippen molar-refractivity contribution in [2.24, 2.45) is 5.92 Å². The van der Waals surface area contributed by atoms with E-state index < -0.39 is 0 Å². The van der Waals surface area contributed by atoms with Gasteiger partial charge >= 0.3 is 0 Å². The predicted octanol–water partition coefficient (Wildman–Crippen LogP) is 2.18. The first-order chi connectivity index (χ1) is 5.27. The summed E-state index contributed by atoms with van der Waals surface area (Å²) in [5.41, 5.74) is 2.77. The first kappa shape index (κ1) is 9.16. The highest BCUT2D eigenvalue weighted by atomic mass is 127. The molecule has 0 bridgehead atoms. The molecule has 0 aliphatic heterocycles. The molecule has 0 saturated heterocycles. The zero-order valence-corrected chi connectivity index (χ0v) is 9.23. The lowest BCUT2D eigenvalue weighted by molar-refractivity contribution is 0.476. The molecule has 1 unspecified atom stereocenters. The average molecular weight is 266 g/mol. The van der Waals surface area contributed by atoms with Gasteiger partial charge in [0, 0.05) is 18.4 Å². The van der Waals surface area contributed by atoms with Crippen LogP contribution in [0.2, 0.25) is 0 Å². The summed E-state index contributed by atoms with van der Waals surface area (Å²) in [6, 6.07) is 0. The molecule has 0 saturated carbocycles. The van der Waals surface area contributed by atoms with Crippen molar-refractivity contribution in [3.8, 4) is 0 Å². The molecule has 1 atom stereocenters. The van der Waals surface area contributed by atoms with Crippen molar-refractivity contribution in [2.45, 2.75) is 26.2 Å². The molecule has 2 nitrogen and oxygen atoms in total. The van der Waals surface area contributed by atoms with Crippen molar-refractivity contribution < 1.29 is 0 Å². The van der Waals surface area contributed by atoms with E-state index in [4.69, 9.17) is 0 Å². The van der Waals surface area contributed by atoms with E-state index in [0.29, 0.717) is 0 Å².